The molecule has 0 atom stereocenters. The fourth-order valence-corrected chi connectivity index (χ4v) is 1.35. The molecule has 0 fully saturated rings. The number of anilines is 1. The number of nitrogens with zero attached hydrogens (tertiary/aromatic N) is 2. The fraction of sp³-hybridized carbons (Fsp3) is 0.750. The summed E-state index contributed by atoms with van der Waals surface area (Å²) in [6.45, 7) is 8.50. The van der Waals surface area contributed by atoms with E-state index in [9.17, 15) is 4.79 Å². The van der Waals surface area contributed by atoms with E-state index in [1.165, 1.54) is 0 Å². The molecule has 1 aromatic heterocycles. The summed E-state index contributed by atoms with van der Waals surface area (Å²) in [6, 6.07) is 0.271. The van der Waals surface area contributed by atoms with E-state index in [0.29, 0.717) is 24.9 Å². The first kappa shape index (κ1) is 15.4. The van der Waals surface area contributed by atoms with Gasteiger partial charge in [-0.05, 0) is 18.9 Å². The van der Waals surface area contributed by atoms with E-state index in [-0.39, 0.29) is 18.5 Å². The molecule has 0 unspecified atom stereocenters. The van der Waals surface area contributed by atoms with Crippen LogP contribution >= 0.6 is 0 Å². The molecule has 7 nitrogen and oxygen atoms in total. The number of amides is 1. The normalized spacial score (nSPS) is 10.7. The van der Waals surface area contributed by atoms with E-state index in [4.69, 9.17) is 4.42 Å². The average Bonchev–Trinajstić information content (AvgIpc) is 2.81. The lowest BCUT2D eigenvalue weighted by atomic mass is 10.2. The van der Waals surface area contributed by atoms with Crippen molar-refractivity contribution in [2.45, 2.75) is 33.7 Å². The number of hydrogen-bond acceptors (Lipinski definition) is 6. The standard InChI is InChI=1S/C12H23N5O2/c1-4-5-14-10(18)7-15-12-17-16-11(19-12)8-13-6-9(2)3/h9,13H,4-8H2,1-3H3,(H,14,18)(H,15,17). The maximum absolute atomic E-state index is 11.4. The molecule has 0 aliphatic rings. The summed E-state index contributed by atoms with van der Waals surface area (Å²) in [4.78, 5) is 11.4. The van der Waals surface area contributed by atoms with Crippen molar-refractivity contribution in [1.82, 2.24) is 20.8 Å². The summed E-state index contributed by atoms with van der Waals surface area (Å²) in [7, 11) is 0. The lowest BCUT2D eigenvalue weighted by Gasteiger charge is -2.04. The van der Waals surface area contributed by atoms with Gasteiger partial charge in [-0.15, -0.1) is 5.10 Å². The molecule has 0 spiro atoms. The van der Waals surface area contributed by atoms with Crippen LogP contribution in [0, 0.1) is 5.92 Å². The summed E-state index contributed by atoms with van der Waals surface area (Å²) >= 11 is 0. The van der Waals surface area contributed by atoms with Gasteiger partial charge in [-0.3, -0.25) is 4.79 Å². The lowest BCUT2D eigenvalue weighted by molar-refractivity contribution is -0.119. The smallest absolute Gasteiger partial charge is 0.315 e. The van der Waals surface area contributed by atoms with Crippen LogP contribution in [-0.4, -0.2) is 35.7 Å². The van der Waals surface area contributed by atoms with E-state index < -0.39 is 0 Å². The minimum absolute atomic E-state index is 0.0838. The van der Waals surface area contributed by atoms with Crippen molar-refractivity contribution >= 4 is 11.9 Å². The minimum atomic E-state index is -0.0838. The highest BCUT2D eigenvalue weighted by Gasteiger charge is 2.07. The Morgan fingerprint density at radius 1 is 1.37 bits per heavy atom. The van der Waals surface area contributed by atoms with Gasteiger partial charge in [0.1, 0.15) is 0 Å². The molecule has 1 amide bonds. The van der Waals surface area contributed by atoms with E-state index in [1.807, 2.05) is 6.92 Å². The lowest BCUT2D eigenvalue weighted by Crippen LogP contribution is -2.30. The van der Waals surface area contributed by atoms with Crippen molar-refractivity contribution in [3.63, 3.8) is 0 Å². The zero-order valence-electron chi connectivity index (χ0n) is 11.8. The predicted molar refractivity (Wildman–Crippen MR) is 72.6 cm³/mol. The third-order valence-electron chi connectivity index (χ3n) is 2.27. The maximum atomic E-state index is 11.4. The van der Waals surface area contributed by atoms with Gasteiger partial charge in [-0.2, -0.15) is 0 Å². The van der Waals surface area contributed by atoms with Gasteiger partial charge in [0.05, 0.1) is 13.1 Å². The van der Waals surface area contributed by atoms with Crippen LogP contribution in [0.2, 0.25) is 0 Å². The van der Waals surface area contributed by atoms with Gasteiger partial charge in [-0.25, -0.2) is 0 Å². The number of carbonyl (C=O) groups is 1. The second-order valence-corrected chi connectivity index (χ2v) is 4.73. The molecule has 0 radical (unpaired) electrons. The molecule has 1 heterocycles. The molecule has 19 heavy (non-hydrogen) atoms. The van der Waals surface area contributed by atoms with Crippen LogP contribution in [-0.2, 0) is 11.3 Å². The van der Waals surface area contributed by atoms with Gasteiger partial charge in [-0.1, -0.05) is 25.9 Å². The second kappa shape index (κ2) is 8.47. The van der Waals surface area contributed by atoms with Gasteiger partial charge >= 0.3 is 6.01 Å². The molecule has 0 aromatic carbocycles. The number of rotatable bonds is 9. The van der Waals surface area contributed by atoms with E-state index in [0.717, 1.165) is 13.0 Å². The Morgan fingerprint density at radius 2 is 2.16 bits per heavy atom. The molecule has 0 saturated heterocycles. The van der Waals surface area contributed by atoms with Crippen LogP contribution < -0.4 is 16.0 Å². The third kappa shape index (κ3) is 6.76. The molecular weight excluding hydrogens is 246 g/mol. The highest BCUT2D eigenvalue weighted by molar-refractivity contribution is 5.79. The molecular formula is C12H23N5O2. The monoisotopic (exact) mass is 269 g/mol. The van der Waals surface area contributed by atoms with Gasteiger partial charge in [0.25, 0.3) is 0 Å². The van der Waals surface area contributed by atoms with Crippen LogP contribution in [0.4, 0.5) is 6.01 Å². The van der Waals surface area contributed by atoms with Crippen molar-refractivity contribution < 1.29 is 9.21 Å². The Morgan fingerprint density at radius 3 is 2.84 bits per heavy atom. The molecule has 1 rings (SSSR count). The summed E-state index contributed by atoms with van der Waals surface area (Å²) in [5, 5.41) is 16.4. The SMILES string of the molecule is CCCNC(=O)CNc1nnc(CNCC(C)C)o1. The first-order valence-corrected chi connectivity index (χ1v) is 6.65. The number of aromatic nitrogens is 2. The summed E-state index contributed by atoms with van der Waals surface area (Å²) in [6.07, 6.45) is 0.915. The Kier molecular flexibility index (Phi) is 6.88. The number of hydrogen-bond donors (Lipinski definition) is 3. The minimum Gasteiger partial charge on any atom is -0.407 e. The molecule has 7 heteroatoms. The van der Waals surface area contributed by atoms with Crippen molar-refractivity contribution in [3.8, 4) is 0 Å². The van der Waals surface area contributed by atoms with Crippen molar-refractivity contribution in [3.05, 3.63) is 5.89 Å². The predicted octanol–water partition coefficient (Wildman–Crippen LogP) is 0.753. The second-order valence-electron chi connectivity index (χ2n) is 4.73. The van der Waals surface area contributed by atoms with Crippen molar-refractivity contribution in [2.24, 2.45) is 5.92 Å². The van der Waals surface area contributed by atoms with Crippen LogP contribution in [0.15, 0.2) is 4.42 Å². The van der Waals surface area contributed by atoms with Crippen LogP contribution in [0.25, 0.3) is 0 Å². The van der Waals surface area contributed by atoms with Crippen molar-refractivity contribution in [1.29, 1.82) is 0 Å². The Hall–Kier alpha value is -1.63. The Bertz CT molecular complexity index is 378. The van der Waals surface area contributed by atoms with Crippen LogP contribution in [0.1, 0.15) is 33.1 Å². The van der Waals surface area contributed by atoms with Gasteiger partial charge < -0.3 is 20.4 Å². The quantitative estimate of drug-likeness (QED) is 0.613. The largest absolute Gasteiger partial charge is 0.407 e. The van der Waals surface area contributed by atoms with Gasteiger partial charge in [0.15, 0.2) is 0 Å². The zero-order chi connectivity index (χ0) is 14.1. The van der Waals surface area contributed by atoms with Crippen molar-refractivity contribution in [2.75, 3.05) is 25.0 Å². The molecule has 0 bridgehead atoms. The van der Waals surface area contributed by atoms with E-state index in [2.05, 4.69) is 40.0 Å². The number of carbonyl (C=O) groups excluding carboxylic acids is 1. The molecule has 0 saturated carbocycles. The van der Waals surface area contributed by atoms with E-state index >= 15 is 0 Å². The van der Waals surface area contributed by atoms with Gasteiger partial charge in [0, 0.05) is 6.54 Å². The molecule has 108 valence electrons. The van der Waals surface area contributed by atoms with Crippen LogP contribution in [0.3, 0.4) is 0 Å². The summed E-state index contributed by atoms with van der Waals surface area (Å²) in [5.41, 5.74) is 0. The van der Waals surface area contributed by atoms with Gasteiger partial charge in [0.2, 0.25) is 11.8 Å². The Balaban J connectivity index is 2.24. The first-order chi connectivity index (χ1) is 9.11. The van der Waals surface area contributed by atoms with E-state index in [1.54, 1.807) is 0 Å². The maximum Gasteiger partial charge on any atom is 0.315 e. The third-order valence-corrected chi connectivity index (χ3v) is 2.27. The highest BCUT2D eigenvalue weighted by Crippen LogP contribution is 2.04. The average molecular weight is 269 g/mol. The molecule has 0 aliphatic carbocycles. The first-order valence-electron chi connectivity index (χ1n) is 6.65. The molecule has 0 aliphatic heterocycles. The molecule has 1 aromatic rings. The highest BCUT2D eigenvalue weighted by atomic mass is 16.4. The zero-order valence-corrected chi connectivity index (χ0v) is 11.8. The number of nitrogens with one attached hydrogen (secondary N) is 3. The summed E-state index contributed by atoms with van der Waals surface area (Å²) < 4.78 is 5.34. The summed E-state index contributed by atoms with van der Waals surface area (Å²) in [5.74, 6) is 0.999. The Labute approximate surface area is 113 Å². The fourth-order valence-electron chi connectivity index (χ4n) is 1.35. The van der Waals surface area contributed by atoms with Crippen LogP contribution in [0.5, 0.6) is 0 Å². The topological polar surface area (TPSA) is 92.1 Å². The molecule has 3 N–H and O–H groups in total.